The third kappa shape index (κ3) is 3.95. The lowest BCUT2D eigenvalue weighted by atomic mass is 10.2. The summed E-state index contributed by atoms with van der Waals surface area (Å²) in [5.74, 6) is 0.993. The third-order valence-electron chi connectivity index (χ3n) is 5.12. The van der Waals surface area contributed by atoms with Gasteiger partial charge in [0, 0.05) is 37.9 Å². The molecule has 0 radical (unpaired) electrons. The first-order valence-electron chi connectivity index (χ1n) is 10.1. The van der Waals surface area contributed by atoms with Crippen molar-refractivity contribution in [2.24, 2.45) is 7.05 Å². The minimum absolute atomic E-state index is 0.0173. The molecule has 33 heavy (non-hydrogen) atoms. The highest BCUT2D eigenvalue weighted by atomic mass is 32.2. The highest BCUT2D eigenvalue weighted by Crippen LogP contribution is 2.30. The minimum atomic E-state index is -3.70. The summed E-state index contributed by atoms with van der Waals surface area (Å²) >= 11 is 0. The van der Waals surface area contributed by atoms with Gasteiger partial charge in [0.1, 0.15) is 11.3 Å². The van der Waals surface area contributed by atoms with E-state index in [0.29, 0.717) is 22.9 Å². The molecule has 0 saturated carbocycles. The minimum Gasteiger partial charge on any atom is -0.383 e. The van der Waals surface area contributed by atoms with Gasteiger partial charge in [-0.3, -0.25) is 9.25 Å². The van der Waals surface area contributed by atoms with Crippen LogP contribution in [0.25, 0.3) is 28.2 Å². The zero-order valence-corrected chi connectivity index (χ0v) is 18.4. The van der Waals surface area contributed by atoms with Crippen LogP contribution in [-0.2, 0) is 23.6 Å². The van der Waals surface area contributed by atoms with E-state index >= 15 is 0 Å². The van der Waals surface area contributed by atoms with E-state index in [1.165, 1.54) is 10.7 Å². The van der Waals surface area contributed by atoms with Gasteiger partial charge in [-0.05, 0) is 48.0 Å². The van der Waals surface area contributed by atoms with Crippen molar-refractivity contribution in [1.82, 2.24) is 34.0 Å². The molecule has 10 nitrogen and oxygen atoms in total. The van der Waals surface area contributed by atoms with Crippen LogP contribution < -0.4 is 10.5 Å². The van der Waals surface area contributed by atoms with Crippen molar-refractivity contribution in [2.75, 3.05) is 5.73 Å². The fourth-order valence-corrected chi connectivity index (χ4v) is 4.48. The van der Waals surface area contributed by atoms with Crippen LogP contribution in [0.1, 0.15) is 5.56 Å². The molecule has 0 unspecified atom stereocenters. The van der Waals surface area contributed by atoms with Crippen molar-refractivity contribution in [1.29, 1.82) is 0 Å². The second kappa shape index (κ2) is 8.11. The van der Waals surface area contributed by atoms with E-state index in [-0.39, 0.29) is 11.6 Å². The van der Waals surface area contributed by atoms with Crippen LogP contribution in [0.5, 0.6) is 0 Å². The monoisotopic (exact) mass is 460 g/mol. The van der Waals surface area contributed by atoms with Crippen LogP contribution >= 0.6 is 0 Å². The van der Waals surface area contributed by atoms with Gasteiger partial charge in [-0.2, -0.15) is 5.10 Å². The van der Waals surface area contributed by atoms with Crippen molar-refractivity contribution in [3.05, 3.63) is 78.8 Å². The van der Waals surface area contributed by atoms with Crippen LogP contribution in [0.15, 0.2) is 78.2 Å². The molecule has 0 spiro atoms. The number of benzene rings is 1. The summed E-state index contributed by atoms with van der Waals surface area (Å²) < 4.78 is 30.8. The van der Waals surface area contributed by atoms with Gasteiger partial charge in [-0.15, -0.1) is 0 Å². The van der Waals surface area contributed by atoms with Gasteiger partial charge in [0.15, 0.2) is 16.5 Å². The number of imidazole rings is 1. The van der Waals surface area contributed by atoms with Crippen molar-refractivity contribution in [3.63, 3.8) is 0 Å². The number of aryl methyl sites for hydroxylation is 1. The molecule has 11 heteroatoms. The molecule has 166 valence electrons. The number of pyridine rings is 2. The van der Waals surface area contributed by atoms with E-state index in [2.05, 4.69) is 19.8 Å². The molecule has 4 aromatic heterocycles. The first-order valence-corrected chi connectivity index (χ1v) is 11.5. The Morgan fingerprint density at radius 1 is 1.00 bits per heavy atom. The topological polar surface area (TPSA) is 134 Å². The molecule has 0 bridgehead atoms. The fourth-order valence-electron chi connectivity index (χ4n) is 3.50. The summed E-state index contributed by atoms with van der Waals surface area (Å²) in [5, 5.41) is 3.93. The second-order valence-electron chi connectivity index (χ2n) is 7.37. The maximum absolute atomic E-state index is 12.4. The molecule has 0 aliphatic carbocycles. The maximum atomic E-state index is 12.4. The molecule has 0 atom stereocenters. The SMILES string of the molecule is Cn1ccc(S(=O)(=O)NCc2ccc(-n3c(-c4cccnc4N)nc4cccnc43)cc2)n1. The number of nitrogens with one attached hydrogen (secondary N) is 1. The molecule has 0 saturated heterocycles. The Labute approximate surface area is 189 Å². The molecule has 4 heterocycles. The van der Waals surface area contributed by atoms with Crippen LogP contribution in [0.2, 0.25) is 0 Å². The largest absolute Gasteiger partial charge is 0.383 e. The maximum Gasteiger partial charge on any atom is 0.260 e. The molecule has 0 aliphatic heterocycles. The molecule has 5 aromatic rings. The lowest BCUT2D eigenvalue weighted by molar-refractivity contribution is 0.573. The summed E-state index contributed by atoms with van der Waals surface area (Å²) in [4.78, 5) is 13.4. The van der Waals surface area contributed by atoms with Crippen LogP contribution in [0.4, 0.5) is 5.82 Å². The van der Waals surface area contributed by atoms with Crippen LogP contribution in [0, 0.1) is 0 Å². The van der Waals surface area contributed by atoms with E-state index in [1.54, 1.807) is 31.7 Å². The number of nitrogens with zero attached hydrogens (tertiary/aromatic N) is 6. The van der Waals surface area contributed by atoms with E-state index < -0.39 is 10.0 Å². The number of aromatic nitrogens is 6. The van der Waals surface area contributed by atoms with E-state index in [0.717, 1.165) is 16.8 Å². The van der Waals surface area contributed by atoms with E-state index in [9.17, 15) is 8.42 Å². The Morgan fingerprint density at radius 3 is 2.48 bits per heavy atom. The number of hydrogen-bond acceptors (Lipinski definition) is 7. The molecule has 0 amide bonds. The Hall–Kier alpha value is -4.09. The second-order valence-corrected chi connectivity index (χ2v) is 9.09. The zero-order valence-electron chi connectivity index (χ0n) is 17.6. The van der Waals surface area contributed by atoms with Crippen molar-refractivity contribution >= 4 is 27.0 Å². The molecule has 1 aromatic carbocycles. The van der Waals surface area contributed by atoms with Crippen LogP contribution in [-0.4, -0.2) is 37.7 Å². The van der Waals surface area contributed by atoms with Crippen LogP contribution in [0.3, 0.4) is 0 Å². The molecule has 3 N–H and O–H groups in total. The predicted octanol–water partition coefficient (Wildman–Crippen LogP) is 2.28. The molecular formula is C22H20N8O2S. The van der Waals surface area contributed by atoms with Crippen molar-refractivity contribution in [3.8, 4) is 17.1 Å². The Balaban J connectivity index is 1.48. The predicted molar refractivity (Wildman–Crippen MR) is 124 cm³/mol. The smallest absolute Gasteiger partial charge is 0.260 e. The number of fused-ring (bicyclic) bond motifs is 1. The third-order valence-corrected chi connectivity index (χ3v) is 6.41. The van der Waals surface area contributed by atoms with Gasteiger partial charge in [-0.25, -0.2) is 28.1 Å². The average Bonchev–Trinajstić information content (AvgIpc) is 3.43. The summed E-state index contributed by atoms with van der Waals surface area (Å²) in [6, 6.07) is 16.3. The summed E-state index contributed by atoms with van der Waals surface area (Å²) in [7, 11) is -2.03. The fraction of sp³-hybridized carbons (Fsp3) is 0.0909. The summed E-state index contributed by atoms with van der Waals surface area (Å²) in [6.07, 6.45) is 4.92. The first kappa shape index (κ1) is 20.8. The van der Waals surface area contributed by atoms with E-state index in [4.69, 9.17) is 10.7 Å². The number of nitrogens with two attached hydrogens (primary N) is 1. The van der Waals surface area contributed by atoms with Gasteiger partial charge in [0.05, 0.1) is 5.56 Å². The highest BCUT2D eigenvalue weighted by molar-refractivity contribution is 7.89. The first-order chi connectivity index (χ1) is 15.9. The van der Waals surface area contributed by atoms with Gasteiger partial charge in [0.2, 0.25) is 0 Å². The average molecular weight is 461 g/mol. The lowest BCUT2D eigenvalue weighted by Gasteiger charge is -2.11. The van der Waals surface area contributed by atoms with Gasteiger partial charge in [0.25, 0.3) is 10.0 Å². The number of nitrogen functional groups attached to an aromatic ring is 1. The highest BCUT2D eigenvalue weighted by Gasteiger charge is 2.19. The number of rotatable bonds is 6. The molecule has 0 aliphatic rings. The molecule has 0 fully saturated rings. The number of sulfonamides is 1. The summed E-state index contributed by atoms with van der Waals surface area (Å²) in [5.41, 5.74) is 9.82. The van der Waals surface area contributed by atoms with Gasteiger partial charge >= 0.3 is 0 Å². The van der Waals surface area contributed by atoms with Crippen molar-refractivity contribution < 1.29 is 8.42 Å². The van der Waals surface area contributed by atoms with E-state index in [1.807, 2.05) is 47.0 Å². The molecule has 5 rings (SSSR count). The number of anilines is 1. The van der Waals surface area contributed by atoms with Gasteiger partial charge in [-0.1, -0.05) is 12.1 Å². The van der Waals surface area contributed by atoms with Gasteiger partial charge < -0.3 is 5.73 Å². The number of hydrogen-bond donors (Lipinski definition) is 2. The summed E-state index contributed by atoms with van der Waals surface area (Å²) in [6.45, 7) is 0.129. The zero-order chi connectivity index (χ0) is 23.0. The Kier molecular flexibility index (Phi) is 5.11. The normalized spacial score (nSPS) is 11.8. The molecular weight excluding hydrogens is 440 g/mol. The van der Waals surface area contributed by atoms with Crippen molar-refractivity contribution in [2.45, 2.75) is 11.6 Å². The Bertz CT molecular complexity index is 1560. The lowest BCUT2D eigenvalue weighted by Crippen LogP contribution is -2.23. The Morgan fingerprint density at radius 2 is 1.76 bits per heavy atom. The standard InChI is InChI=1S/C22H20N8O2S/c1-29-13-10-19(28-29)33(31,32)26-14-15-6-8-16(9-7-15)30-21(17-4-2-11-24-20(17)23)27-18-5-3-12-25-22(18)30/h2-13,26H,14H2,1H3,(H2,23,24). The quantitative estimate of drug-likeness (QED) is 0.397.